The molecule has 0 saturated carbocycles. The summed E-state index contributed by atoms with van der Waals surface area (Å²) < 4.78 is 11.4. The number of thioether (sulfide) groups is 1. The SMILES string of the molecule is COc1cc(/C=C2\SC(=O)N(Cc3ccc(C)cc3)C2=O)ccc1OCc1ccc(Cl)cc1Cl. The first-order valence-corrected chi connectivity index (χ1v) is 12.0. The number of carbonyl (C=O) groups is 2. The number of halogens is 2. The van der Waals surface area contributed by atoms with E-state index in [0.717, 1.165) is 34.0 Å². The lowest BCUT2D eigenvalue weighted by Crippen LogP contribution is -2.27. The van der Waals surface area contributed by atoms with Crippen LogP contribution in [0.25, 0.3) is 6.08 Å². The minimum Gasteiger partial charge on any atom is -0.493 e. The number of hydrogen-bond acceptors (Lipinski definition) is 5. The summed E-state index contributed by atoms with van der Waals surface area (Å²) in [5.74, 6) is 0.711. The maximum atomic E-state index is 12.9. The molecule has 2 amide bonds. The molecule has 5 nitrogen and oxygen atoms in total. The monoisotopic (exact) mass is 513 g/mol. The van der Waals surface area contributed by atoms with Gasteiger partial charge >= 0.3 is 0 Å². The van der Waals surface area contributed by atoms with Crippen LogP contribution in [-0.2, 0) is 17.9 Å². The number of methoxy groups -OCH3 is 1. The molecule has 0 spiro atoms. The van der Waals surface area contributed by atoms with Crippen molar-refractivity contribution in [3.8, 4) is 11.5 Å². The third-order valence-electron chi connectivity index (χ3n) is 5.22. The molecular weight excluding hydrogens is 493 g/mol. The fourth-order valence-corrected chi connectivity index (χ4v) is 4.65. The second-order valence-corrected chi connectivity index (χ2v) is 9.52. The summed E-state index contributed by atoms with van der Waals surface area (Å²) in [4.78, 5) is 26.9. The van der Waals surface area contributed by atoms with Gasteiger partial charge in [-0.15, -0.1) is 0 Å². The highest BCUT2D eigenvalue weighted by atomic mass is 35.5. The molecule has 0 unspecified atom stereocenters. The Morgan fingerprint density at radius 3 is 2.44 bits per heavy atom. The normalized spacial score (nSPS) is 14.7. The Kier molecular flexibility index (Phi) is 7.51. The number of amides is 2. The number of aryl methyl sites for hydroxylation is 1. The van der Waals surface area contributed by atoms with E-state index in [1.165, 1.54) is 12.0 Å². The van der Waals surface area contributed by atoms with E-state index in [1.807, 2.05) is 31.2 Å². The lowest BCUT2D eigenvalue weighted by molar-refractivity contribution is -0.123. The second kappa shape index (κ2) is 10.6. The molecule has 4 rings (SSSR count). The number of nitrogens with zero attached hydrogens (tertiary/aromatic N) is 1. The maximum Gasteiger partial charge on any atom is 0.293 e. The van der Waals surface area contributed by atoms with Gasteiger partial charge in [0.15, 0.2) is 11.5 Å². The number of benzene rings is 3. The van der Waals surface area contributed by atoms with Crippen molar-refractivity contribution < 1.29 is 19.1 Å². The second-order valence-electron chi connectivity index (χ2n) is 7.69. The minimum atomic E-state index is -0.313. The topological polar surface area (TPSA) is 55.8 Å². The Morgan fingerprint density at radius 1 is 0.971 bits per heavy atom. The largest absolute Gasteiger partial charge is 0.493 e. The standard InChI is InChI=1S/C26H21Cl2NO4S/c1-16-3-5-17(6-4-16)14-29-25(30)24(34-26(29)31)12-18-7-10-22(23(11-18)32-2)33-15-19-8-9-20(27)13-21(19)28/h3-13H,14-15H2,1-2H3/b24-12-. The summed E-state index contributed by atoms with van der Waals surface area (Å²) in [5.41, 5.74) is 3.53. The number of carbonyl (C=O) groups excluding carboxylic acids is 2. The van der Waals surface area contributed by atoms with Crippen molar-refractivity contribution >= 4 is 52.2 Å². The Bertz CT molecular complexity index is 1270. The summed E-state index contributed by atoms with van der Waals surface area (Å²) >= 11 is 13.1. The lowest BCUT2D eigenvalue weighted by atomic mass is 10.1. The Hall–Kier alpha value is -2.93. The third-order valence-corrected chi connectivity index (χ3v) is 6.71. The van der Waals surface area contributed by atoms with Crippen molar-refractivity contribution in [3.05, 3.63) is 97.9 Å². The number of hydrogen-bond donors (Lipinski definition) is 0. The number of imide groups is 1. The van der Waals surface area contributed by atoms with Gasteiger partial charge in [0.05, 0.1) is 18.6 Å². The molecule has 0 bridgehead atoms. The smallest absolute Gasteiger partial charge is 0.293 e. The van der Waals surface area contributed by atoms with Crippen molar-refractivity contribution in [3.63, 3.8) is 0 Å². The van der Waals surface area contributed by atoms with Crippen LogP contribution in [0.3, 0.4) is 0 Å². The predicted octanol–water partition coefficient (Wildman–Crippen LogP) is 7.13. The van der Waals surface area contributed by atoms with E-state index in [2.05, 4.69) is 0 Å². The molecule has 1 saturated heterocycles. The van der Waals surface area contributed by atoms with E-state index < -0.39 is 0 Å². The van der Waals surface area contributed by atoms with Crippen molar-refractivity contribution in [1.82, 2.24) is 4.90 Å². The van der Waals surface area contributed by atoms with Gasteiger partial charge in [-0.05, 0) is 60.2 Å². The summed E-state index contributed by atoms with van der Waals surface area (Å²) in [6.07, 6.45) is 1.68. The Morgan fingerprint density at radius 2 is 1.74 bits per heavy atom. The molecule has 0 aliphatic carbocycles. The van der Waals surface area contributed by atoms with Crippen LogP contribution in [0, 0.1) is 6.92 Å². The first kappa shape index (κ1) is 24.2. The molecule has 1 aliphatic rings. The zero-order valence-electron chi connectivity index (χ0n) is 18.5. The molecule has 1 heterocycles. The molecule has 8 heteroatoms. The van der Waals surface area contributed by atoms with Crippen LogP contribution in [-0.4, -0.2) is 23.2 Å². The zero-order valence-corrected chi connectivity index (χ0v) is 20.8. The summed E-state index contributed by atoms with van der Waals surface area (Å²) in [6.45, 7) is 2.47. The molecule has 1 fully saturated rings. The summed E-state index contributed by atoms with van der Waals surface area (Å²) in [7, 11) is 1.54. The third kappa shape index (κ3) is 5.58. The van der Waals surface area contributed by atoms with E-state index in [1.54, 1.807) is 42.5 Å². The van der Waals surface area contributed by atoms with E-state index in [9.17, 15) is 9.59 Å². The van der Waals surface area contributed by atoms with Crippen LogP contribution in [0.5, 0.6) is 11.5 Å². The minimum absolute atomic E-state index is 0.240. The van der Waals surface area contributed by atoms with Crippen molar-refractivity contribution in [2.45, 2.75) is 20.1 Å². The van der Waals surface area contributed by atoms with Gasteiger partial charge in [0, 0.05) is 15.6 Å². The van der Waals surface area contributed by atoms with Crippen molar-refractivity contribution in [1.29, 1.82) is 0 Å². The van der Waals surface area contributed by atoms with Gasteiger partial charge < -0.3 is 9.47 Å². The number of rotatable bonds is 7. The molecule has 0 aromatic heterocycles. The zero-order chi connectivity index (χ0) is 24.2. The fourth-order valence-electron chi connectivity index (χ4n) is 3.35. The van der Waals surface area contributed by atoms with Crippen molar-refractivity contribution in [2.24, 2.45) is 0 Å². The molecule has 34 heavy (non-hydrogen) atoms. The van der Waals surface area contributed by atoms with Gasteiger partial charge in [-0.1, -0.05) is 65.2 Å². The fraction of sp³-hybridized carbons (Fsp3) is 0.154. The highest BCUT2D eigenvalue weighted by Gasteiger charge is 2.35. The predicted molar refractivity (Wildman–Crippen MR) is 136 cm³/mol. The maximum absolute atomic E-state index is 12.9. The average Bonchev–Trinajstić information content (AvgIpc) is 3.07. The van der Waals surface area contributed by atoms with Gasteiger partial charge in [0.25, 0.3) is 11.1 Å². The van der Waals surface area contributed by atoms with E-state index in [-0.39, 0.29) is 24.3 Å². The van der Waals surface area contributed by atoms with Gasteiger partial charge in [-0.2, -0.15) is 0 Å². The van der Waals surface area contributed by atoms with Crippen LogP contribution >= 0.6 is 35.0 Å². The van der Waals surface area contributed by atoms with Crippen LogP contribution in [0.4, 0.5) is 4.79 Å². The number of ether oxygens (including phenoxy) is 2. The molecular formula is C26H21Cl2NO4S. The average molecular weight is 514 g/mol. The highest BCUT2D eigenvalue weighted by Crippen LogP contribution is 2.35. The van der Waals surface area contributed by atoms with Crippen molar-refractivity contribution in [2.75, 3.05) is 7.11 Å². The molecule has 0 N–H and O–H groups in total. The van der Waals surface area contributed by atoms with Crippen LogP contribution in [0.1, 0.15) is 22.3 Å². The molecule has 0 radical (unpaired) electrons. The van der Waals surface area contributed by atoms with Gasteiger partial charge in [-0.3, -0.25) is 14.5 Å². The Labute approximate surface area is 212 Å². The van der Waals surface area contributed by atoms with Crippen LogP contribution in [0.2, 0.25) is 10.0 Å². The van der Waals surface area contributed by atoms with Gasteiger partial charge in [0.1, 0.15) is 6.61 Å². The van der Waals surface area contributed by atoms with E-state index >= 15 is 0 Å². The van der Waals surface area contributed by atoms with Crippen LogP contribution < -0.4 is 9.47 Å². The van der Waals surface area contributed by atoms with E-state index in [4.69, 9.17) is 32.7 Å². The first-order valence-electron chi connectivity index (χ1n) is 10.4. The molecule has 3 aromatic rings. The summed E-state index contributed by atoms with van der Waals surface area (Å²) in [6, 6.07) is 18.3. The summed E-state index contributed by atoms with van der Waals surface area (Å²) in [5, 5.41) is 0.784. The highest BCUT2D eigenvalue weighted by molar-refractivity contribution is 8.18. The first-order chi connectivity index (χ1) is 16.3. The quantitative estimate of drug-likeness (QED) is 0.314. The lowest BCUT2D eigenvalue weighted by Gasteiger charge is -2.13. The van der Waals surface area contributed by atoms with Gasteiger partial charge in [-0.25, -0.2) is 0 Å². The molecule has 1 aliphatic heterocycles. The molecule has 174 valence electrons. The van der Waals surface area contributed by atoms with Crippen LogP contribution in [0.15, 0.2) is 65.6 Å². The molecule has 0 atom stereocenters. The van der Waals surface area contributed by atoms with E-state index in [0.29, 0.717) is 26.4 Å². The molecule has 3 aromatic carbocycles. The van der Waals surface area contributed by atoms with Gasteiger partial charge in [0.2, 0.25) is 0 Å². The Balaban J connectivity index is 1.48.